The number of rotatable bonds is 5. The number of aliphatic imine (C=N–C) groups is 1. The van der Waals surface area contributed by atoms with Gasteiger partial charge in [-0.15, -0.1) is 24.0 Å². The van der Waals surface area contributed by atoms with Crippen LogP contribution in [0.3, 0.4) is 0 Å². The van der Waals surface area contributed by atoms with Crippen molar-refractivity contribution in [2.45, 2.75) is 31.5 Å². The first-order valence-electron chi connectivity index (χ1n) is 7.31. The van der Waals surface area contributed by atoms with E-state index in [1.165, 1.54) is 7.05 Å². The summed E-state index contributed by atoms with van der Waals surface area (Å²) in [5, 5.41) is 8.37. The normalized spacial score (nSPS) is 17.3. The predicted octanol–water partition coefficient (Wildman–Crippen LogP) is 0.932. The Hall–Kier alpha value is -0.780. The van der Waals surface area contributed by atoms with Gasteiger partial charge in [0.2, 0.25) is 5.91 Å². The lowest BCUT2D eigenvalue weighted by Crippen LogP contribution is -2.50. The van der Waals surface area contributed by atoms with Gasteiger partial charge in [-0.1, -0.05) is 0 Å². The van der Waals surface area contributed by atoms with E-state index in [-0.39, 0.29) is 42.5 Å². The molecular weight excluding hydrogens is 426 g/mol. The predicted molar refractivity (Wildman–Crippen MR) is 94.1 cm³/mol. The number of carbonyl (C=O) groups is 1. The highest BCUT2D eigenvalue weighted by Crippen LogP contribution is 2.18. The Morgan fingerprint density at radius 3 is 2.39 bits per heavy atom. The van der Waals surface area contributed by atoms with Crippen molar-refractivity contribution in [1.29, 1.82) is 0 Å². The van der Waals surface area contributed by atoms with Crippen LogP contribution in [-0.2, 0) is 4.79 Å². The molecule has 0 saturated carbocycles. The third-order valence-corrected chi connectivity index (χ3v) is 3.50. The van der Waals surface area contributed by atoms with Crippen LogP contribution in [0.1, 0.15) is 19.3 Å². The second-order valence-corrected chi connectivity index (χ2v) is 5.23. The highest BCUT2D eigenvalue weighted by molar-refractivity contribution is 14.0. The van der Waals surface area contributed by atoms with Crippen LogP contribution in [0.4, 0.5) is 13.2 Å². The maximum Gasteiger partial charge on any atom is 0.390 e. The van der Waals surface area contributed by atoms with Crippen LogP contribution in [0.15, 0.2) is 4.99 Å². The van der Waals surface area contributed by atoms with Crippen molar-refractivity contribution < 1.29 is 18.0 Å². The lowest BCUT2D eigenvalue weighted by Gasteiger charge is -2.32. The van der Waals surface area contributed by atoms with Crippen LogP contribution in [0.25, 0.3) is 0 Å². The van der Waals surface area contributed by atoms with Gasteiger partial charge in [0.05, 0.1) is 13.0 Å². The molecule has 136 valence electrons. The number of halogens is 4. The van der Waals surface area contributed by atoms with E-state index in [0.717, 1.165) is 25.9 Å². The molecule has 1 fully saturated rings. The van der Waals surface area contributed by atoms with Crippen LogP contribution in [0.5, 0.6) is 0 Å². The minimum absolute atomic E-state index is 0. The molecular formula is C13H25F3IN5O. The van der Waals surface area contributed by atoms with E-state index in [1.807, 2.05) is 0 Å². The van der Waals surface area contributed by atoms with E-state index in [4.69, 9.17) is 0 Å². The summed E-state index contributed by atoms with van der Waals surface area (Å²) in [6, 6.07) is 0.151. The maximum absolute atomic E-state index is 12.1. The van der Waals surface area contributed by atoms with Crippen LogP contribution in [0.2, 0.25) is 0 Å². The number of amides is 1. The molecule has 1 saturated heterocycles. The fourth-order valence-electron chi connectivity index (χ4n) is 2.23. The Morgan fingerprint density at radius 2 is 1.91 bits per heavy atom. The average molecular weight is 451 g/mol. The molecule has 1 aliphatic rings. The second-order valence-electron chi connectivity index (χ2n) is 5.23. The van der Waals surface area contributed by atoms with Crippen molar-refractivity contribution >= 4 is 35.8 Å². The molecule has 0 aromatic heterocycles. The van der Waals surface area contributed by atoms with Crippen LogP contribution in [0, 0.1) is 0 Å². The van der Waals surface area contributed by atoms with Crippen LogP contribution >= 0.6 is 24.0 Å². The first-order valence-corrected chi connectivity index (χ1v) is 7.31. The number of guanidine groups is 1. The van der Waals surface area contributed by atoms with Gasteiger partial charge in [-0.2, -0.15) is 13.2 Å². The molecule has 10 heteroatoms. The summed E-state index contributed by atoms with van der Waals surface area (Å²) in [6.07, 6.45) is -3.43. The summed E-state index contributed by atoms with van der Waals surface area (Å²) < 4.78 is 36.3. The number of likely N-dealkylation sites (N-methyl/N-ethyl adjacent to an activating group) is 1. The molecule has 0 unspecified atom stereocenters. The summed E-state index contributed by atoms with van der Waals surface area (Å²) in [5.41, 5.74) is 0. The van der Waals surface area contributed by atoms with E-state index in [0.29, 0.717) is 12.5 Å². The first-order chi connectivity index (χ1) is 10.3. The number of hydrogen-bond donors (Lipinski definition) is 3. The molecule has 0 aromatic carbocycles. The van der Waals surface area contributed by atoms with Gasteiger partial charge in [-0.3, -0.25) is 14.7 Å². The Kier molecular flexibility index (Phi) is 10.5. The second kappa shape index (κ2) is 10.9. The summed E-state index contributed by atoms with van der Waals surface area (Å²) in [6.45, 7) is 1.72. The number of nitrogens with zero attached hydrogens (tertiary/aromatic N) is 2. The topological polar surface area (TPSA) is 68.8 Å². The maximum atomic E-state index is 12.1. The number of hydrogen-bond acceptors (Lipinski definition) is 3. The van der Waals surface area contributed by atoms with Gasteiger partial charge in [-0.05, 0) is 12.8 Å². The largest absolute Gasteiger partial charge is 0.390 e. The van der Waals surface area contributed by atoms with Crippen molar-refractivity contribution in [3.63, 3.8) is 0 Å². The minimum Gasteiger partial charge on any atom is -0.358 e. The van der Waals surface area contributed by atoms with Gasteiger partial charge in [0.25, 0.3) is 0 Å². The molecule has 3 N–H and O–H groups in total. The highest BCUT2D eigenvalue weighted by Gasteiger charge is 2.26. The van der Waals surface area contributed by atoms with E-state index < -0.39 is 12.6 Å². The molecule has 0 aliphatic carbocycles. The van der Waals surface area contributed by atoms with Crippen molar-refractivity contribution in [3.05, 3.63) is 0 Å². The number of likely N-dealkylation sites (tertiary alicyclic amines) is 1. The zero-order valence-corrected chi connectivity index (χ0v) is 15.7. The molecule has 1 heterocycles. The van der Waals surface area contributed by atoms with Gasteiger partial charge < -0.3 is 16.0 Å². The number of nitrogens with one attached hydrogen (secondary N) is 3. The van der Waals surface area contributed by atoms with Crippen LogP contribution < -0.4 is 16.0 Å². The third kappa shape index (κ3) is 9.84. The highest BCUT2D eigenvalue weighted by atomic mass is 127. The molecule has 0 spiro atoms. The number of piperidine rings is 1. The molecule has 0 bridgehead atoms. The number of carbonyl (C=O) groups excluding carboxylic acids is 1. The van der Waals surface area contributed by atoms with E-state index in [2.05, 4.69) is 25.8 Å². The standard InChI is InChI=1S/C13H24F3N5O.HI/c1-17-11(22)9-21-7-3-10(4-8-21)20-12(18-2)19-6-5-13(14,15)16;/h10H,3-9H2,1-2H3,(H,17,22)(H2,18,19,20);1H. The summed E-state index contributed by atoms with van der Waals surface area (Å²) in [7, 11) is 3.14. The summed E-state index contributed by atoms with van der Waals surface area (Å²) >= 11 is 0. The summed E-state index contributed by atoms with van der Waals surface area (Å²) in [4.78, 5) is 17.3. The van der Waals surface area contributed by atoms with E-state index in [1.54, 1.807) is 7.05 Å². The lowest BCUT2D eigenvalue weighted by molar-refractivity contribution is -0.132. The van der Waals surface area contributed by atoms with Gasteiger partial charge in [0, 0.05) is 39.8 Å². The fraction of sp³-hybridized carbons (Fsp3) is 0.846. The van der Waals surface area contributed by atoms with Crippen molar-refractivity contribution in [2.75, 3.05) is 40.3 Å². The lowest BCUT2D eigenvalue weighted by atomic mass is 10.1. The molecule has 6 nitrogen and oxygen atoms in total. The molecule has 0 aromatic rings. The Morgan fingerprint density at radius 1 is 1.30 bits per heavy atom. The number of alkyl halides is 3. The van der Waals surface area contributed by atoms with Crippen molar-refractivity contribution in [1.82, 2.24) is 20.9 Å². The third-order valence-electron chi connectivity index (χ3n) is 3.50. The van der Waals surface area contributed by atoms with Gasteiger partial charge in [0.15, 0.2) is 5.96 Å². The van der Waals surface area contributed by atoms with Crippen molar-refractivity contribution in [2.24, 2.45) is 4.99 Å². The van der Waals surface area contributed by atoms with Gasteiger partial charge >= 0.3 is 6.18 Å². The van der Waals surface area contributed by atoms with Gasteiger partial charge in [-0.25, -0.2) is 0 Å². The van der Waals surface area contributed by atoms with Crippen LogP contribution in [-0.4, -0.2) is 69.3 Å². The smallest absolute Gasteiger partial charge is 0.358 e. The van der Waals surface area contributed by atoms with E-state index >= 15 is 0 Å². The molecule has 1 rings (SSSR count). The first kappa shape index (κ1) is 22.2. The zero-order valence-electron chi connectivity index (χ0n) is 13.4. The Bertz CT molecular complexity index is 384. The monoisotopic (exact) mass is 451 g/mol. The minimum atomic E-state index is -4.17. The Balaban J connectivity index is 0.00000484. The van der Waals surface area contributed by atoms with Crippen molar-refractivity contribution in [3.8, 4) is 0 Å². The average Bonchev–Trinajstić information content (AvgIpc) is 2.46. The van der Waals surface area contributed by atoms with E-state index in [9.17, 15) is 18.0 Å². The molecule has 1 aliphatic heterocycles. The summed E-state index contributed by atoms with van der Waals surface area (Å²) in [5.74, 6) is 0.366. The molecule has 0 radical (unpaired) electrons. The molecule has 23 heavy (non-hydrogen) atoms. The molecule has 1 amide bonds. The van der Waals surface area contributed by atoms with Gasteiger partial charge in [0.1, 0.15) is 0 Å². The Labute approximate surface area is 151 Å². The quantitative estimate of drug-likeness (QED) is 0.331. The fourth-order valence-corrected chi connectivity index (χ4v) is 2.23. The zero-order chi connectivity index (χ0) is 16.6. The SMILES string of the molecule is CN=C(NCCC(F)(F)F)NC1CCN(CC(=O)NC)CC1.I. The molecule has 0 atom stereocenters.